The fraction of sp³-hybridized carbons (Fsp3) is 0.739. The van der Waals surface area contributed by atoms with Crippen LogP contribution >= 0.6 is 11.6 Å². The molecule has 0 saturated heterocycles. The molecular formula is C23H40ClN5O6. The molecule has 0 spiro atoms. The molecule has 35 heavy (non-hydrogen) atoms. The Kier molecular flexibility index (Phi) is 16.3. The summed E-state index contributed by atoms with van der Waals surface area (Å²) in [5.41, 5.74) is 0. The van der Waals surface area contributed by atoms with E-state index >= 15 is 0 Å². The average Bonchev–Trinajstić information content (AvgIpc) is 2.76. The van der Waals surface area contributed by atoms with Crippen molar-refractivity contribution in [3.05, 3.63) is 0 Å². The zero-order valence-corrected chi connectivity index (χ0v) is 22.3. The zero-order valence-electron chi connectivity index (χ0n) is 21.5. The Morgan fingerprint density at radius 2 is 0.943 bits per heavy atom. The number of alkyl halides is 1. The van der Waals surface area contributed by atoms with E-state index in [9.17, 15) is 28.8 Å². The van der Waals surface area contributed by atoms with Crippen molar-refractivity contribution in [3.8, 4) is 0 Å². The van der Waals surface area contributed by atoms with E-state index in [1.165, 1.54) is 34.6 Å². The summed E-state index contributed by atoms with van der Waals surface area (Å²) in [7, 11) is 0. The molecule has 200 valence electrons. The molecule has 1 unspecified atom stereocenters. The van der Waals surface area contributed by atoms with E-state index in [1.807, 2.05) is 0 Å². The summed E-state index contributed by atoms with van der Waals surface area (Å²) in [6, 6.07) is 0. The van der Waals surface area contributed by atoms with Gasteiger partial charge in [0.05, 0.1) is 5.88 Å². The highest BCUT2D eigenvalue weighted by atomic mass is 35.5. The number of hydrogen-bond acceptors (Lipinski definition) is 6. The Balaban J connectivity index is 4.99. The van der Waals surface area contributed by atoms with Crippen molar-refractivity contribution in [1.29, 1.82) is 0 Å². The fourth-order valence-electron chi connectivity index (χ4n) is 3.45. The third-order valence-corrected chi connectivity index (χ3v) is 5.83. The fourth-order valence-corrected chi connectivity index (χ4v) is 3.67. The van der Waals surface area contributed by atoms with Crippen LogP contribution in [-0.2, 0) is 28.8 Å². The number of ketones is 1. The van der Waals surface area contributed by atoms with Gasteiger partial charge in [-0.1, -0.05) is 0 Å². The van der Waals surface area contributed by atoms with E-state index in [4.69, 9.17) is 11.6 Å². The summed E-state index contributed by atoms with van der Waals surface area (Å²) in [6.45, 7) is 9.55. The number of hydrogen-bond donors (Lipinski definition) is 2. The van der Waals surface area contributed by atoms with Gasteiger partial charge in [-0.15, -0.1) is 11.6 Å². The number of Topliss-reactive ketones (excluding diaryl/α,β-unsaturated/α-hetero) is 1. The van der Waals surface area contributed by atoms with Crippen LogP contribution < -0.4 is 10.6 Å². The number of carbonyl (C=O) groups is 6. The minimum Gasteiger partial charge on any atom is -0.355 e. The third kappa shape index (κ3) is 15.0. The molecule has 0 fully saturated rings. The monoisotopic (exact) mass is 517 g/mol. The largest absolute Gasteiger partial charge is 0.355 e. The van der Waals surface area contributed by atoms with Gasteiger partial charge in [-0.3, -0.25) is 28.8 Å². The molecule has 0 aliphatic rings. The molecule has 0 aliphatic carbocycles. The van der Waals surface area contributed by atoms with Gasteiger partial charge < -0.3 is 25.3 Å². The summed E-state index contributed by atoms with van der Waals surface area (Å²) < 4.78 is 0. The molecule has 0 rings (SSSR count). The maximum Gasteiger partial charge on any atom is 0.219 e. The second-order valence-corrected chi connectivity index (χ2v) is 8.63. The van der Waals surface area contributed by atoms with Crippen molar-refractivity contribution >= 4 is 46.9 Å². The minimum absolute atomic E-state index is 0.165. The smallest absolute Gasteiger partial charge is 0.219 e. The summed E-state index contributed by atoms with van der Waals surface area (Å²) in [6.07, 6.45) is 0.752. The van der Waals surface area contributed by atoms with Crippen molar-refractivity contribution in [2.45, 2.75) is 47.5 Å². The highest BCUT2D eigenvalue weighted by molar-refractivity contribution is 6.27. The van der Waals surface area contributed by atoms with Crippen molar-refractivity contribution in [2.24, 2.45) is 5.92 Å². The van der Waals surface area contributed by atoms with E-state index in [0.717, 1.165) is 0 Å². The number of nitrogens with one attached hydrogen (secondary N) is 2. The predicted molar refractivity (Wildman–Crippen MR) is 133 cm³/mol. The van der Waals surface area contributed by atoms with Gasteiger partial charge in [-0.25, -0.2) is 0 Å². The quantitative estimate of drug-likeness (QED) is 0.261. The van der Waals surface area contributed by atoms with Crippen LogP contribution in [0.25, 0.3) is 0 Å². The van der Waals surface area contributed by atoms with Crippen molar-refractivity contribution < 1.29 is 28.8 Å². The second kappa shape index (κ2) is 17.7. The Labute approximate surface area is 212 Å². The molecule has 12 heteroatoms. The lowest BCUT2D eigenvalue weighted by Crippen LogP contribution is -2.43. The molecular weight excluding hydrogens is 478 g/mol. The maximum absolute atomic E-state index is 12.4. The molecule has 11 nitrogen and oxygen atoms in total. The Morgan fingerprint density at radius 3 is 1.26 bits per heavy atom. The number of halogens is 1. The van der Waals surface area contributed by atoms with Crippen LogP contribution in [0.5, 0.6) is 0 Å². The zero-order chi connectivity index (χ0) is 27.0. The van der Waals surface area contributed by atoms with Crippen LogP contribution in [0.3, 0.4) is 0 Å². The number of nitrogens with zero attached hydrogens (tertiary/aromatic N) is 3. The van der Waals surface area contributed by atoms with Gasteiger partial charge >= 0.3 is 0 Å². The van der Waals surface area contributed by atoms with Gasteiger partial charge in [-0.2, -0.15) is 0 Å². The van der Waals surface area contributed by atoms with Gasteiger partial charge in [0.2, 0.25) is 29.5 Å². The molecule has 2 N–H and O–H groups in total. The van der Waals surface area contributed by atoms with Crippen LogP contribution in [-0.4, -0.2) is 108 Å². The van der Waals surface area contributed by atoms with Crippen molar-refractivity contribution in [3.63, 3.8) is 0 Å². The topological polar surface area (TPSA) is 136 Å². The van der Waals surface area contributed by atoms with E-state index in [2.05, 4.69) is 10.6 Å². The summed E-state index contributed by atoms with van der Waals surface area (Å²) in [5.74, 6) is -1.68. The summed E-state index contributed by atoms with van der Waals surface area (Å²) >= 11 is 5.80. The van der Waals surface area contributed by atoms with Crippen molar-refractivity contribution in [1.82, 2.24) is 25.3 Å². The first-order valence-electron chi connectivity index (χ1n) is 11.7. The summed E-state index contributed by atoms with van der Waals surface area (Å²) in [4.78, 5) is 75.2. The van der Waals surface area contributed by atoms with Crippen molar-refractivity contribution in [2.75, 3.05) is 58.2 Å². The molecule has 0 radical (unpaired) electrons. The number of rotatable bonds is 17. The van der Waals surface area contributed by atoms with Crippen LogP contribution in [0.4, 0.5) is 0 Å². The Bertz CT molecular complexity index is 748. The van der Waals surface area contributed by atoms with Crippen LogP contribution in [0, 0.1) is 5.92 Å². The van der Waals surface area contributed by atoms with Gasteiger partial charge in [0.1, 0.15) is 0 Å². The number of carbonyl (C=O) groups excluding carboxylic acids is 6. The Morgan fingerprint density at radius 1 is 0.600 bits per heavy atom. The van der Waals surface area contributed by atoms with Crippen LogP contribution in [0.2, 0.25) is 0 Å². The number of amides is 5. The van der Waals surface area contributed by atoms with Gasteiger partial charge in [0.25, 0.3) is 0 Å². The first kappa shape index (κ1) is 32.3. The van der Waals surface area contributed by atoms with E-state index in [0.29, 0.717) is 58.7 Å². The SMILES string of the molecule is CC(=O)NCCN(CCC(CCN(CCN(CCNC(C)=O)C(C)=O)C(C)=O)C(=O)CCl)C(C)=O. The highest BCUT2D eigenvalue weighted by Gasteiger charge is 2.22. The van der Waals surface area contributed by atoms with Crippen LogP contribution in [0.15, 0.2) is 0 Å². The maximum atomic E-state index is 12.4. The molecule has 0 aromatic heterocycles. The lowest BCUT2D eigenvalue weighted by molar-refractivity contribution is -0.133. The molecule has 0 bridgehead atoms. The highest BCUT2D eigenvalue weighted by Crippen LogP contribution is 2.14. The lowest BCUT2D eigenvalue weighted by atomic mass is 9.96. The Hall–Kier alpha value is -2.69. The van der Waals surface area contributed by atoms with Gasteiger partial charge in [-0.05, 0) is 12.8 Å². The van der Waals surface area contributed by atoms with Gasteiger partial charge in [0, 0.05) is 92.9 Å². The molecule has 1 atom stereocenters. The van der Waals surface area contributed by atoms with E-state index in [1.54, 1.807) is 14.7 Å². The minimum atomic E-state index is -0.444. The average molecular weight is 518 g/mol. The molecule has 0 saturated carbocycles. The first-order chi connectivity index (χ1) is 16.4. The third-order valence-electron chi connectivity index (χ3n) is 5.57. The second-order valence-electron chi connectivity index (χ2n) is 8.36. The lowest BCUT2D eigenvalue weighted by Gasteiger charge is -2.28. The normalized spacial score (nSPS) is 11.3. The molecule has 0 heterocycles. The molecule has 0 aromatic rings. The van der Waals surface area contributed by atoms with Gasteiger partial charge in [0.15, 0.2) is 5.78 Å². The standard InChI is InChI=1S/C23H40ClN5O6/c1-17(30)25-8-12-27(19(3)32)10-6-22(23(35)16-24)7-11-28(20(4)33)14-15-29(21(5)34)13-9-26-18(2)31/h22H,6-16H2,1-5H3,(H,25,30)(H,26,31). The van der Waals surface area contributed by atoms with Crippen LogP contribution in [0.1, 0.15) is 47.5 Å². The summed E-state index contributed by atoms with van der Waals surface area (Å²) in [5, 5.41) is 5.28. The molecule has 5 amide bonds. The molecule has 0 aliphatic heterocycles. The first-order valence-corrected chi connectivity index (χ1v) is 12.3. The molecule has 0 aromatic carbocycles. The predicted octanol–water partition coefficient (Wildman–Crippen LogP) is 0.00840. The van der Waals surface area contributed by atoms with E-state index < -0.39 is 5.92 Å². The van der Waals surface area contributed by atoms with E-state index in [-0.39, 0.29) is 47.7 Å².